The van der Waals surface area contributed by atoms with Crippen LogP contribution < -0.4 is 4.90 Å². The summed E-state index contributed by atoms with van der Waals surface area (Å²) in [6.07, 6.45) is 4.92. The fraction of sp³-hybridized carbons (Fsp3) is 0.106. The molecule has 0 N–H and O–H groups in total. The van der Waals surface area contributed by atoms with Crippen molar-refractivity contribution in [3.8, 4) is 16.8 Å². The van der Waals surface area contributed by atoms with Crippen LogP contribution in [0.3, 0.4) is 0 Å². The van der Waals surface area contributed by atoms with E-state index >= 15 is 0 Å². The molecule has 0 radical (unpaired) electrons. The lowest BCUT2D eigenvalue weighted by Crippen LogP contribution is -2.21. The van der Waals surface area contributed by atoms with Crippen LogP contribution in [0.15, 0.2) is 162 Å². The van der Waals surface area contributed by atoms with Crippen molar-refractivity contribution in [2.24, 2.45) is 0 Å². The first-order valence-electron chi connectivity index (χ1n) is 17.8. The van der Waals surface area contributed by atoms with Gasteiger partial charge in [-0.05, 0) is 89.7 Å². The molecule has 2 aliphatic rings. The lowest BCUT2D eigenvalue weighted by molar-refractivity contribution is 0.550. The predicted octanol–water partition coefficient (Wildman–Crippen LogP) is 13.0. The van der Waals surface area contributed by atoms with Crippen LogP contribution in [-0.4, -0.2) is 4.57 Å². The van der Waals surface area contributed by atoms with E-state index in [0.717, 1.165) is 44.7 Å². The molecule has 238 valence electrons. The highest BCUT2D eigenvalue weighted by Crippen LogP contribution is 2.58. The molecule has 1 spiro atoms. The van der Waals surface area contributed by atoms with Gasteiger partial charge in [0.05, 0.1) is 16.7 Å². The van der Waals surface area contributed by atoms with Gasteiger partial charge in [-0.25, -0.2) is 0 Å². The summed E-state index contributed by atoms with van der Waals surface area (Å²) in [4.78, 5) is 2.43. The molecule has 3 nitrogen and oxygen atoms in total. The van der Waals surface area contributed by atoms with Crippen molar-refractivity contribution in [3.63, 3.8) is 0 Å². The van der Waals surface area contributed by atoms with Crippen molar-refractivity contribution in [2.75, 3.05) is 4.90 Å². The molecule has 0 saturated heterocycles. The van der Waals surface area contributed by atoms with E-state index in [2.05, 4.69) is 167 Å². The number of nitrogens with zero attached hydrogens (tertiary/aromatic N) is 2. The second kappa shape index (κ2) is 10.5. The monoisotopic (exact) mass is 642 g/mol. The molecule has 9 aromatic rings. The number of hydrogen-bond acceptors (Lipinski definition) is 2. The normalized spacial score (nSPS) is 14.6. The molecule has 0 bridgehead atoms. The Morgan fingerprint density at radius 2 is 1.18 bits per heavy atom. The maximum absolute atomic E-state index is 6.73. The van der Waals surface area contributed by atoms with Crippen molar-refractivity contribution in [1.29, 1.82) is 0 Å². The van der Waals surface area contributed by atoms with Crippen LogP contribution in [0.5, 0.6) is 0 Å². The minimum Gasteiger partial charge on any atom is -0.454 e. The van der Waals surface area contributed by atoms with E-state index in [1.165, 1.54) is 69.7 Å². The molecule has 11 rings (SSSR count). The SMILES string of the molecule is c1ccc(-n2c3ccccc3c3ccc(N(c4ccc5c(c4)C4(CCCC4)c4ccccc4-5)c4cccc5c4oc4ccccc45)cc32)cc1. The van der Waals surface area contributed by atoms with Crippen LogP contribution >= 0.6 is 0 Å². The Morgan fingerprint density at radius 3 is 2.08 bits per heavy atom. The minimum absolute atomic E-state index is 0.0721. The number of benzene rings is 7. The Bertz CT molecular complexity index is 2780. The molecule has 50 heavy (non-hydrogen) atoms. The number of aromatic nitrogens is 1. The molecule has 2 heterocycles. The van der Waals surface area contributed by atoms with Gasteiger partial charge in [-0.2, -0.15) is 0 Å². The van der Waals surface area contributed by atoms with E-state index in [-0.39, 0.29) is 5.41 Å². The van der Waals surface area contributed by atoms with E-state index < -0.39 is 0 Å². The Kier molecular flexibility index (Phi) is 5.83. The number of hydrogen-bond donors (Lipinski definition) is 0. The van der Waals surface area contributed by atoms with Crippen molar-refractivity contribution in [3.05, 3.63) is 169 Å². The van der Waals surface area contributed by atoms with Crippen LogP contribution in [0.25, 0.3) is 60.6 Å². The van der Waals surface area contributed by atoms with Gasteiger partial charge in [-0.15, -0.1) is 0 Å². The number of anilines is 3. The Labute approximate surface area is 290 Å². The third-order valence-corrected chi connectivity index (χ3v) is 11.5. The van der Waals surface area contributed by atoms with Crippen molar-refractivity contribution in [1.82, 2.24) is 4.57 Å². The Balaban J connectivity index is 1.20. The standard InChI is InChI=1S/C47H34N2O/c1-2-13-31(14-3-1)49-42-20-8-5-16-36(42)37-26-24-33(30-44(37)49)48(43-21-12-18-39-38-17-6-9-22-45(38)50-46(39)43)32-23-25-35-34-15-4-7-19-40(34)47(41(35)29-32)27-10-11-28-47/h1-9,12-26,29-30H,10-11,27-28H2. The number of rotatable bonds is 4. The smallest absolute Gasteiger partial charge is 0.159 e. The minimum atomic E-state index is 0.0721. The Morgan fingerprint density at radius 1 is 0.500 bits per heavy atom. The summed E-state index contributed by atoms with van der Waals surface area (Å²) in [5, 5.41) is 4.76. The number of fused-ring (bicyclic) bond motifs is 11. The average molecular weight is 643 g/mol. The van der Waals surface area contributed by atoms with Gasteiger partial charge in [0.25, 0.3) is 0 Å². The fourth-order valence-electron chi connectivity index (χ4n) is 9.39. The van der Waals surface area contributed by atoms with Gasteiger partial charge in [0, 0.05) is 44.0 Å². The highest BCUT2D eigenvalue weighted by molar-refractivity contribution is 6.12. The molecule has 0 aliphatic heterocycles. The zero-order chi connectivity index (χ0) is 32.8. The van der Waals surface area contributed by atoms with Crippen LogP contribution in [-0.2, 0) is 5.41 Å². The summed E-state index contributed by atoms with van der Waals surface area (Å²) in [5.41, 5.74) is 14.5. The molecule has 7 aromatic carbocycles. The summed E-state index contributed by atoms with van der Waals surface area (Å²) < 4.78 is 9.13. The first kappa shape index (κ1) is 27.8. The lowest BCUT2D eigenvalue weighted by atomic mass is 9.76. The van der Waals surface area contributed by atoms with E-state index in [9.17, 15) is 0 Å². The summed E-state index contributed by atoms with van der Waals surface area (Å²) >= 11 is 0. The molecule has 2 aromatic heterocycles. The molecule has 0 unspecified atom stereocenters. The van der Waals surface area contributed by atoms with E-state index in [1.807, 2.05) is 0 Å². The van der Waals surface area contributed by atoms with Gasteiger partial charge < -0.3 is 13.9 Å². The third kappa shape index (κ3) is 3.80. The van der Waals surface area contributed by atoms with Crippen LogP contribution in [0.1, 0.15) is 36.8 Å². The molecule has 2 aliphatic carbocycles. The lowest BCUT2D eigenvalue weighted by Gasteiger charge is -2.30. The van der Waals surface area contributed by atoms with Gasteiger partial charge in [0.15, 0.2) is 5.58 Å². The van der Waals surface area contributed by atoms with E-state index in [0.29, 0.717) is 0 Å². The third-order valence-electron chi connectivity index (χ3n) is 11.5. The van der Waals surface area contributed by atoms with Gasteiger partial charge in [-0.1, -0.05) is 116 Å². The molecule has 0 amide bonds. The van der Waals surface area contributed by atoms with Crippen LogP contribution in [0, 0.1) is 0 Å². The van der Waals surface area contributed by atoms with Crippen molar-refractivity contribution < 1.29 is 4.42 Å². The second-order valence-electron chi connectivity index (χ2n) is 14.0. The molecular weight excluding hydrogens is 609 g/mol. The van der Waals surface area contributed by atoms with Gasteiger partial charge >= 0.3 is 0 Å². The van der Waals surface area contributed by atoms with Crippen LogP contribution in [0.2, 0.25) is 0 Å². The van der Waals surface area contributed by atoms with Gasteiger partial charge in [0.2, 0.25) is 0 Å². The first-order chi connectivity index (χ1) is 24.8. The summed E-state index contributed by atoms with van der Waals surface area (Å²) in [5.74, 6) is 0. The van der Waals surface area contributed by atoms with Crippen molar-refractivity contribution in [2.45, 2.75) is 31.1 Å². The maximum Gasteiger partial charge on any atom is 0.159 e. The second-order valence-corrected chi connectivity index (χ2v) is 14.0. The molecule has 0 atom stereocenters. The Hall–Kier alpha value is -6.06. The summed E-state index contributed by atoms with van der Waals surface area (Å²) in [7, 11) is 0. The number of para-hydroxylation sites is 4. The van der Waals surface area contributed by atoms with E-state index in [4.69, 9.17) is 4.42 Å². The largest absolute Gasteiger partial charge is 0.454 e. The zero-order valence-corrected chi connectivity index (χ0v) is 27.6. The molecule has 3 heteroatoms. The summed E-state index contributed by atoms with van der Waals surface area (Å²) in [6.45, 7) is 0. The topological polar surface area (TPSA) is 21.3 Å². The van der Waals surface area contributed by atoms with Gasteiger partial charge in [-0.3, -0.25) is 0 Å². The zero-order valence-electron chi connectivity index (χ0n) is 27.6. The quantitative estimate of drug-likeness (QED) is 0.190. The molecular formula is C47H34N2O. The molecule has 1 fully saturated rings. The highest BCUT2D eigenvalue weighted by Gasteiger charge is 2.45. The van der Waals surface area contributed by atoms with Gasteiger partial charge in [0.1, 0.15) is 5.58 Å². The first-order valence-corrected chi connectivity index (χ1v) is 17.8. The van der Waals surface area contributed by atoms with Crippen LogP contribution in [0.4, 0.5) is 17.1 Å². The van der Waals surface area contributed by atoms with Crippen molar-refractivity contribution >= 4 is 60.8 Å². The maximum atomic E-state index is 6.73. The average Bonchev–Trinajstić information content (AvgIpc) is 3.95. The van der Waals surface area contributed by atoms with E-state index in [1.54, 1.807) is 0 Å². The number of furan rings is 1. The molecule has 1 saturated carbocycles. The predicted molar refractivity (Wildman–Crippen MR) is 207 cm³/mol. The summed E-state index contributed by atoms with van der Waals surface area (Å²) in [6, 6.07) is 57.7. The highest BCUT2D eigenvalue weighted by atomic mass is 16.3. The fourth-order valence-corrected chi connectivity index (χ4v) is 9.39.